The van der Waals surface area contributed by atoms with E-state index in [0.717, 1.165) is 0 Å². The van der Waals surface area contributed by atoms with Crippen LogP contribution in [0.2, 0.25) is 0 Å². The first-order valence-electron chi connectivity index (χ1n) is 3.55. The van der Waals surface area contributed by atoms with E-state index in [1.165, 1.54) is 0 Å². The van der Waals surface area contributed by atoms with Gasteiger partial charge in [0.15, 0.2) is 0 Å². The van der Waals surface area contributed by atoms with Gasteiger partial charge in [-0.2, -0.15) is 28.4 Å². The van der Waals surface area contributed by atoms with Crippen molar-refractivity contribution >= 4 is 0 Å². The van der Waals surface area contributed by atoms with Crippen LogP contribution in [0.4, 0.5) is 22.0 Å². The van der Waals surface area contributed by atoms with Crippen LogP contribution in [0.15, 0.2) is 0 Å². The standard InChI is InChI=1S/C7H10F5.Y/c1-2-3-4-5-6(8,9)7(10,11)12;/h1-5H2;/q-1;. The molecule has 0 rings (SSSR count). The van der Waals surface area contributed by atoms with Crippen molar-refractivity contribution in [3.8, 4) is 0 Å². The summed E-state index contributed by atoms with van der Waals surface area (Å²) in [6, 6.07) is 0. The van der Waals surface area contributed by atoms with E-state index < -0.39 is 18.5 Å². The minimum absolute atomic E-state index is 0. The van der Waals surface area contributed by atoms with Gasteiger partial charge in [0, 0.05) is 39.1 Å². The second kappa shape index (κ2) is 6.28. The summed E-state index contributed by atoms with van der Waals surface area (Å²) in [7, 11) is 0. The summed E-state index contributed by atoms with van der Waals surface area (Å²) in [6.07, 6.45) is -6.00. The molecule has 13 heavy (non-hydrogen) atoms. The maximum absolute atomic E-state index is 12.1. The normalized spacial score (nSPS) is 12.5. The third-order valence-corrected chi connectivity index (χ3v) is 1.41. The molecule has 0 aliphatic rings. The van der Waals surface area contributed by atoms with Crippen LogP contribution in [0.3, 0.4) is 0 Å². The van der Waals surface area contributed by atoms with Crippen molar-refractivity contribution in [2.75, 3.05) is 0 Å². The second-order valence-corrected chi connectivity index (χ2v) is 2.51. The Balaban J connectivity index is 0. The van der Waals surface area contributed by atoms with Crippen LogP contribution in [0.25, 0.3) is 0 Å². The molecule has 0 aromatic carbocycles. The zero-order valence-corrected chi connectivity index (χ0v) is 9.84. The fourth-order valence-electron chi connectivity index (χ4n) is 0.666. The summed E-state index contributed by atoms with van der Waals surface area (Å²) in [5.74, 6) is -4.54. The zero-order valence-electron chi connectivity index (χ0n) is 7.00. The monoisotopic (exact) mass is 278 g/mol. The minimum atomic E-state index is -5.41. The molecule has 0 atom stereocenters. The van der Waals surface area contributed by atoms with E-state index in [4.69, 9.17) is 0 Å². The van der Waals surface area contributed by atoms with Gasteiger partial charge < -0.3 is 6.92 Å². The zero-order chi connectivity index (χ0) is 9.83. The molecule has 0 unspecified atom stereocenters. The van der Waals surface area contributed by atoms with E-state index in [1.54, 1.807) is 0 Å². The maximum atomic E-state index is 12.1. The Bertz CT molecular complexity index is 131. The molecular weight excluding hydrogens is 268 g/mol. The predicted octanol–water partition coefficient (Wildman–Crippen LogP) is 3.58. The van der Waals surface area contributed by atoms with E-state index in [-0.39, 0.29) is 39.1 Å². The molecular formula is C7H10F5Y-. The van der Waals surface area contributed by atoms with Crippen molar-refractivity contribution in [1.82, 2.24) is 0 Å². The number of alkyl halides is 5. The molecule has 0 nitrogen and oxygen atoms in total. The third-order valence-electron chi connectivity index (χ3n) is 1.41. The average Bonchev–Trinajstić information content (AvgIpc) is 1.85. The van der Waals surface area contributed by atoms with Crippen molar-refractivity contribution in [3.63, 3.8) is 0 Å². The van der Waals surface area contributed by atoms with E-state index >= 15 is 0 Å². The van der Waals surface area contributed by atoms with E-state index in [0.29, 0.717) is 12.8 Å². The molecule has 77 valence electrons. The molecule has 0 bridgehead atoms. The summed E-state index contributed by atoms with van der Waals surface area (Å²) in [6.45, 7) is 3.34. The molecule has 0 heterocycles. The van der Waals surface area contributed by atoms with Gasteiger partial charge in [0.05, 0.1) is 0 Å². The summed E-state index contributed by atoms with van der Waals surface area (Å²) in [4.78, 5) is 0. The summed E-state index contributed by atoms with van der Waals surface area (Å²) < 4.78 is 58.7. The van der Waals surface area contributed by atoms with Crippen LogP contribution in [0.5, 0.6) is 0 Å². The van der Waals surface area contributed by atoms with Gasteiger partial charge in [0.1, 0.15) is 0 Å². The fraction of sp³-hybridized carbons (Fsp3) is 0.857. The van der Waals surface area contributed by atoms with Gasteiger partial charge in [-0.25, -0.2) is 0 Å². The molecule has 6 heteroatoms. The molecule has 0 amide bonds. The van der Waals surface area contributed by atoms with Gasteiger partial charge in [-0.15, -0.1) is 0 Å². The number of unbranched alkanes of at least 4 members (excludes halogenated alkanes) is 2. The van der Waals surface area contributed by atoms with Crippen LogP contribution in [0, 0.1) is 6.92 Å². The van der Waals surface area contributed by atoms with Gasteiger partial charge in [-0.05, 0) is 6.42 Å². The first kappa shape index (κ1) is 16.2. The van der Waals surface area contributed by atoms with Crippen LogP contribution < -0.4 is 0 Å². The molecule has 0 saturated carbocycles. The molecule has 1 radical (unpaired) electrons. The Hall–Kier alpha value is 0.754. The quantitative estimate of drug-likeness (QED) is 0.419. The van der Waals surface area contributed by atoms with Crippen molar-refractivity contribution in [3.05, 3.63) is 6.92 Å². The van der Waals surface area contributed by atoms with Gasteiger partial charge >= 0.3 is 12.1 Å². The van der Waals surface area contributed by atoms with E-state index in [2.05, 4.69) is 6.92 Å². The van der Waals surface area contributed by atoms with Crippen molar-refractivity contribution in [2.45, 2.75) is 37.8 Å². The number of hydrogen-bond acceptors (Lipinski definition) is 0. The van der Waals surface area contributed by atoms with Gasteiger partial charge in [0.25, 0.3) is 0 Å². The Labute approximate surface area is 99.1 Å². The molecule has 0 aliphatic heterocycles. The number of rotatable bonds is 4. The SMILES string of the molecule is [CH2-]CCCCC(F)(F)C(F)(F)F.[Y]. The fourth-order valence-corrected chi connectivity index (χ4v) is 0.666. The summed E-state index contributed by atoms with van der Waals surface area (Å²) in [5, 5.41) is 0. The Morgan fingerprint density at radius 2 is 1.38 bits per heavy atom. The molecule has 0 aromatic heterocycles. The van der Waals surface area contributed by atoms with Crippen molar-refractivity contribution in [2.24, 2.45) is 0 Å². The third kappa shape index (κ3) is 5.94. The molecule has 0 N–H and O–H groups in total. The topological polar surface area (TPSA) is 0 Å². The largest absolute Gasteiger partial charge is 0.453 e. The Morgan fingerprint density at radius 1 is 0.923 bits per heavy atom. The van der Waals surface area contributed by atoms with Crippen molar-refractivity contribution < 1.29 is 54.7 Å². The predicted molar refractivity (Wildman–Crippen MR) is 34.8 cm³/mol. The van der Waals surface area contributed by atoms with E-state index in [9.17, 15) is 22.0 Å². The van der Waals surface area contributed by atoms with Crippen molar-refractivity contribution in [1.29, 1.82) is 0 Å². The number of hydrogen-bond donors (Lipinski definition) is 0. The second-order valence-electron chi connectivity index (χ2n) is 2.51. The smallest absolute Gasteiger partial charge is 0.343 e. The Kier molecular flexibility index (Phi) is 7.82. The molecule has 0 saturated heterocycles. The molecule has 0 spiro atoms. The molecule has 0 aromatic rings. The van der Waals surface area contributed by atoms with Crippen LogP contribution in [0.1, 0.15) is 25.7 Å². The van der Waals surface area contributed by atoms with Gasteiger partial charge in [-0.1, -0.05) is 6.42 Å². The number of halogens is 5. The Morgan fingerprint density at radius 3 is 1.69 bits per heavy atom. The van der Waals surface area contributed by atoms with E-state index in [1.807, 2.05) is 0 Å². The molecule has 0 aliphatic carbocycles. The maximum Gasteiger partial charge on any atom is 0.453 e. The first-order valence-corrected chi connectivity index (χ1v) is 3.55. The minimum Gasteiger partial charge on any atom is -0.343 e. The summed E-state index contributed by atoms with van der Waals surface area (Å²) >= 11 is 0. The van der Waals surface area contributed by atoms with Gasteiger partial charge in [-0.3, -0.25) is 0 Å². The van der Waals surface area contributed by atoms with Gasteiger partial charge in [0.2, 0.25) is 0 Å². The molecule has 0 fully saturated rings. The van der Waals surface area contributed by atoms with Crippen LogP contribution in [-0.4, -0.2) is 12.1 Å². The first-order chi connectivity index (χ1) is 5.31. The summed E-state index contributed by atoms with van der Waals surface area (Å²) in [5.41, 5.74) is 0. The van der Waals surface area contributed by atoms with Crippen LogP contribution >= 0.6 is 0 Å². The van der Waals surface area contributed by atoms with Crippen LogP contribution in [-0.2, 0) is 32.7 Å². The average molecular weight is 278 g/mol.